The zero-order valence-corrected chi connectivity index (χ0v) is 16.0. The Bertz CT molecular complexity index is 882. The van der Waals surface area contributed by atoms with Crippen molar-refractivity contribution in [2.45, 2.75) is 6.04 Å². The van der Waals surface area contributed by atoms with Crippen molar-refractivity contribution in [3.63, 3.8) is 0 Å². The number of benzene rings is 2. The van der Waals surface area contributed by atoms with E-state index in [9.17, 15) is 14.3 Å². The normalized spacial score (nSPS) is 17.1. The fourth-order valence-electron chi connectivity index (χ4n) is 2.64. The summed E-state index contributed by atoms with van der Waals surface area (Å²) in [4.78, 5) is 16.5. The quantitative estimate of drug-likeness (QED) is 0.654. The molecule has 25 heavy (non-hydrogen) atoms. The second kappa shape index (κ2) is 7.49. The number of carboxylic acid groups (broad SMARTS) is 1. The number of nitrogens with zero attached hydrogens (tertiary/aromatic N) is 1. The lowest BCUT2D eigenvalue weighted by Gasteiger charge is -2.26. The van der Waals surface area contributed by atoms with Crippen molar-refractivity contribution in [2.75, 3.05) is 5.33 Å². The molecule has 1 atom stereocenters. The van der Waals surface area contributed by atoms with Gasteiger partial charge in [0.1, 0.15) is 17.7 Å². The lowest BCUT2D eigenvalue weighted by molar-refractivity contribution is -0.133. The first-order valence-electron chi connectivity index (χ1n) is 7.38. The lowest BCUT2D eigenvalue weighted by atomic mass is 9.95. The van der Waals surface area contributed by atoms with Gasteiger partial charge in [0.15, 0.2) is 0 Å². The maximum atomic E-state index is 13.4. The Labute approximate surface area is 160 Å². The number of hydrogen-bond donors (Lipinski definition) is 2. The van der Waals surface area contributed by atoms with Gasteiger partial charge in [-0.25, -0.2) is 9.18 Å². The van der Waals surface area contributed by atoms with Crippen molar-refractivity contribution in [3.8, 4) is 0 Å². The molecule has 0 bridgehead atoms. The van der Waals surface area contributed by atoms with Crippen LogP contribution >= 0.6 is 31.9 Å². The van der Waals surface area contributed by atoms with Gasteiger partial charge < -0.3 is 10.4 Å². The Morgan fingerprint density at radius 1 is 1.24 bits per heavy atom. The second-order valence-electron chi connectivity index (χ2n) is 5.37. The van der Waals surface area contributed by atoms with Crippen molar-refractivity contribution in [1.29, 1.82) is 0 Å². The molecular formula is C18H13Br2FN2O2. The molecule has 0 amide bonds. The molecule has 4 nitrogen and oxygen atoms in total. The first kappa shape index (κ1) is 17.8. The molecule has 0 radical (unpaired) electrons. The van der Waals surface area contributed by atoms with Gasteiger partial charge in [0.05, 0.1) is 5.57 Å². The van der Waals surface area contributed by atoms with E-state index < -0.39 is 17.8 Å². The van der Waals surface area contributed by atoms with Gasteiger partial charge in [-0.15, -0.1) is 0 Å². The first-order valence-corrected chi connectivity index (χ1v) is 9.30. The standard InChI is InChI=1S/C18H13Br2FN2O2/c19-9-14-15(18(24)25)16(12-7-6-11(21)8-13(12)20)23-17(22-14)10-4-2-1-3-5-10/h1-8,16H,9H2,(H,22,23)(H,24,25). The average molecular weight is 468 g/mol. The van der Waals surface area contributed by atoms with Crippen molar-refractivity contribution in [3.05, 3.63) is 81.2 Å². The van der Waals surface area contributed by atoms with E-state index in [1.165, 1.54) is 12.1 Å². The summed E-state index contributed by atoms with van der Waals surface area (Å²) in [7, 11) is 0. The van der Waals surface area contributed by atoms with Gasteiger partial charge in [-0.05, 0) is 17.7 Å². The van der Waals surface area contributed by atoms with Crippen LogP contribution in [0, 0.1) is 5.82 Å². The highest BCUT2D eigenvalue weighted by atomic mass is 79.9. The number of carboxylic acids is 1. The molecule has 1 aliphatic heterocycles. The zero-order valence-electron chi connectivity index (χ0n) is 12.8. The molecule has 7 heteroatoms. The maximum Gasteiger partial charge on any atom is 0.335 e. The van der Waals surface area contributed by atoms with Crippen LogP contribution in [0.3, 0.4) is 0 Å². The van der Waals surface area contributed by atoms with Gasteiger partial charge in [0, 0.05) is 21.1 Å². The molecule has 0 spiro atoms. The number of aliphatic carboxylic acids is 1. The van der Waals surface area contributed by atoms with E-state index in [0.717, 1.165) is 5.56 Å². The van der Waals surface area contributed by atoms with E-state index in [1.54, 1.807) is 6.07 Å². The molecule has 0 aliphatic carbocycles. The summed E-state index contributed by atoms with van der Waals surface area (Å²) in [6.45, 7) is 0. The van der Waals surface area contributed by atoms with Gasteiger partial charge in [-0.1, -0.05) is 68.3 Å². The molecule has 0 saturated carbocycles. The van der Waals surface area contributed by atoms with Gasteiger partial charge >= 0.3 is 5.97 Å². The van der Waals surface area contributed by atoms with Crippen LogP contribution in [0.4, 0.5) is 4.39 Å². The van der Waals surface area contributed by atoms with E-state index in [4.69, 9.17) is 0 Å². The van der Waals surface area contributed by atoms with Crippen LogP contribution in [-0.2, 0) is 4.79 Å². The Morgan fingerprint density at radius 2 is 1.96 bits per heavy atom. The predicted molar refractivity (Wildman–Crippen MR) is 101 cm³/mol. The van der Waals surface area contributed by atoms with E-state index in [2.05, 4.69) is 42.2 Å². The Balaban J connectivity index is 2.17. The van der Waals surface area contributed by atoms with Crippen LogP contribution < -0.4 is 5.32 Å². The molecule has 2 aromatic carbocycles. The van der Waals surface area contributed by atoms with Crippen LogP contribution in [0.15, 0.2) is 69.3 Å². The van der Waals surface area contributed by atoms with Gasteiger partial charge in [-0.2, -0.15) is 0 Å². The third kappa shape index (κ3) is 3.67. The van der Waals surface area contributed by atoms with Crippen molar-refractivity contribution in [1.82, 2.24) is 5.32 Å². The number of rotatable bonds is 4. The number of allylic oxidation sites excluding steroid dienone is 1. The number of aliphatic imine (C=N–C) groups is 1. The van der Waals surface area contributed by atoms with Crippen LogP contribution in [-0.4, -0.2) is 22.2 Å². The van der Waals surface area contributed by atoms with Crippen molar-refractivity contribution < 1.29 is 14.3 Å². The first-order chi connectivity index (χ1) is 12.0. The highest BCUT2D eigenvalue weighted by Crippen LogP contribution is 2.36. The summed E-state index contributed by atoms with van der Waals surface area (Å²) >= 11 is 6.66. The molecule has 1 aliphatic rings. The molecule has 2 N–H and O–H groups in total. The van der Waals surface area contributed by atoms with E-state index >= 15 is 0 Å². The summed E-state index contributed by atoms with van der Waals surface area (Å²) in [6, 6.07) is 12.8. The summed E-state index contributed by atoms with van der Waals surface area (Å²) < 4.78 is 13.9. The highest BCUT2D eigenvalue weighted by Gasteiger charge is 2.31. The molecular weight excluding hydrogens is 455 g/mol. The van der Waals surface area contributed by atoms with E-state index in [1.807, 2.05) is 30.3 Å². The van der Waals surface area contributed by atoms with Crippen LogP contribution in [0.1, 0.15) is 17.2 Å². The largest absolute Gasteiger partial charge is 0.478 e. The maximum absolute atomic E-state index is 13.4. The summed E-state index contributed by atoms with van der Waals surface area (Å²) in [5.41, 5.74) is 2.08. The smallest absolute Gasteiger partial charge is 0.335 e. The third-order valence-corrected chi connectivity index (χ3v) is 5.04. The van der Waals surface area contributed by atoms with Gasteiger partial charge in [0.2, 0.25) is 0 Å². The number of alkyl halides is 1. The van der Waals surface area contributed by atoms with Gasteiger partial charge in [0.25, 0.3) is 0 Å². The summed E-state index contributed by atoms with van der Waals surface area (Å²) in [5, 5.41) is 13.1. The number of amidine groups is 1. The topological polar surface area (TPSA) is 61.7 Å². The molecule has 3 rings (SSSR count). The molecule has 2 aromatic rings. The van der Waals surface area contributed by atoms with Crippen LogP contribution in [0.25, 0.3) is 0 Å². The minimum Gasteiger partial charge on any atom is -0.478 e. The summed E-state index contributed by atoms with van der Waals surface area (Å²) in [5.74, 6) is -0.904. The lowest BCUT2D eigenvalue weighted by Crippen LogP contribution is -2.34. The minimum absolute atomic E-state index is 0.129. The molecule has 0 saturated heterocycles. The highest BCUT2D eigenvalue weighted by molar-refractivity contribution is 9.10. The fraction of sp³-hybridized carbons (Fsp3) is 0.111. The summed E-state index contributed by atoms with van der Waals surface area (Å²) in [6.07, 6.45) is 0. The predicted octanol–water partition coefficient (Wildman–Crippen LogP) is 4.41. The number of halogens is 3. The van der Waals surface area contributed by atoms with Crippen molar-refractivity contribution >= 4 is 43.7 Å². The molecule has 0 fully saturated rings. The van der Waals surface area contributed by atoms with E-state index in [0.29, 0.717) is 26.9 Å². The van der Waals surface area contributed by atoms with Crippen LogP contribution in [0.5, 0.6) is 0 Å². The minimum atomic E-state index is -1.07. The number of carbonyl (C=O) groups is 1. The Morgan fingerprint density at radius 3 is 2.56 bits per heavy atom. The van der Waals surface area contributed by atoms with Crippen molar-refractivity contribution in [2.24, 2.45) is 4.99 Å². The molecule has 1 heterocycles. The Kier molecular flexibility index (Phi) is 5.34. The zero-order chi connectivity index (χ0) is 18.0. The Hall–Kier alpha value is -1.99. The molecule has 1 unspecified atom stereocenters. The third-order valence-electron chi connectivity index (χ3n) is 3.79. The molecule has 0 aromatic heterocycles. The average Bonchev–Trinajstić information content (AvgIpc) is 2.61. The fourth-order valence-corrected chi connectivity index (χ4v) is 3.65. The number of nitrogens with one attached hydrogen (secondary N) is 1. The second-order valence-corrected chi connectivity index (χ2v) is 6.78. The van der Waals surface area contributed by atoms with Gasteiger partial charge in [-0.3, -0.25) is 4.99 Å². The van der Waals surface area contributed by atoms with Crippen LogP contribution in [0.2, 0.25) is 0 Å². The SMILES string of the molecule is O=C(O)C1=C(CBr)NC(c2ccccc2)=NC1c1ccc(F)cc1Br. The number of hydrogen-bond acceptors (Lipinski definition) is 3. The van der Waals surface area contributed by atoms with E-state index in [-0.39, 0.29) is 5.57 Å². The monoisotopic (exact) mass is 466 g/mol. The molecule has 128 valence electrons.